The van der Waals surface area contributed by atoms with Crippen molar-refractivity contribution < 1.29 is 9.66 Å². The van der Waals surface area contributed by atoms with Crippen molar-refractivity contribution in [2.45, 2.75) is 19.9 Å². The molecule has 82 valence electrons. The van der Waals surface area contributed by atoms with Gasteiger partial charge in [-0.3, -0.25) is 10.1 Å². The Labute approximate surface area is 88.0 Å². The molecule has 0 fully saturated rings. The maximum Gasteiger partial charge on any atom is 0.313 e. The zero-order valence-electron chi connectivity index (χ0n) is 8.77. The number of benzene rings is 1. The normalized spacial score (nSPS) is 12.2. The lowest BCUT2D eigenvalue weighted by atomic mass is 10.2. The van der Waals surface area contributed by atoms with Crippen LogP contribution in [0.5, 0.6) is 5.75 Å². The van der Waals surface area contributed by atoms with Gasteiger partial charge in [-0.2, -0.15) is 0 Å². The second-order valence-corrected chi connectivity index (χ2v) is 3.47. The first-order valence-corrected chi connectivity index (χ1v) is 4.64. The summed E-state index contributed by atoms with van der Waals surface area (Å²) in [5.41, 5.74) is 6.11. The zero-order valence-corrected chi connectivity index (χ0v) is 8.77. The van der Waals surface area contributed by atoms with Gasteiger partial charge in [0, 0.05) is 11.6 Å². The minimum Gasteiger partial charge on any atom is -0.485 e. The predicted octanol–water partition coefficient (Wildman–Crippen LogP) is 1.63. The van der Waals surface area contributed by atoms with Crippen molar-refractivity contribution >= 4 is 5.69 Å². The van der Waals surface area contributed by atoms with Crippen LogP contribution in [0, 0.1) is 17.0 Å². The Morgan fingerprint density at radius 2 is 2.27 bits per heavy atom. The molecule has 0 amide bonds. The third kappa shape index (κ3) is 2.92. The van der Waals surface area contributed by atoms with Crippen LogP contribution in [0.1, 0.15) is 12.5 Å². The fraction of sp³-hybridized carbons (Fsp3) is 0.400. The molecule has 1 unspecified atom stereocenters. The summed E-state index contributed by atoms with van der Waals surface area (Å²) in [4.78, 5) is 10.3. The van der Waals surface area contributed by atoms with Crippen LogP contribution in [0.15, 0.2) is 18.2 Å². The third-order valence-electron chi connectivity index (χ3n) is 1.89. The first-order valence-electron chi connectivity index (χ1n) is 4.64. The van der Waals surface area contributed by atoms with Crippen molar-refractivity contribution in [3.8, 4) is 5.75 Å². The molecule has 5 nitrogen and oxygen atoms in total. The van der Waals surface area contributed by atoms with E-state index in [4.69, 9.17) is 10.5 Å². The first-order chi connectivity index (χ1) is 7.02. The SMILES string of the molecule is Cc1cccc(OCC(C)N)c1[N+](=O)[O-]. The van der Waals surface area contributed by atoms with Crippen LogP contribution in [0.2, 0.25) is 0 Å². The third-order valence-corrected chi connectivity index (χ3v) is 1.89. The number of nitrogens with two attached hydrogens (primary N) is 1. The highest BCUT2D eigenvalue weighted by Gasteiger charge is 2.18. The quantitative estimate of drug-likeness (QED) is 0.605. The van der Waals surface area contributed by atoms with Crippen molar-refractivity contribution in [1.82, 2.24) is 0 Å². The molecule has 0 saturated carbocycles. The number of nitro benzene ring substituents is 1. The predicted molar refractivity (Wildman–Crippen MR) is 57.0 cm³/mol. The van der Waals surface area contributed by atoms with Crippen LogP contribution in [0.3, 0.4) is 0 Å². The number of nitrogens with zero attached hydrogens (tertiary/aromatic N) is 1. The number of hydrogen-bond donors (Lipinski definition) is 1. The van der Waals surface area contributed by atoms with Crippen LogP contribution < -0.4 is 10.5 Å². The lowest BCUT2D eigenvalue weighted by Gasteiger charge is -2.09. The van der Waals surface area contributed by atoms with Gasteiger partial charge in [0.25, 0.3) is 0 Å². The highest BCUT2D eigenvalue weighted by Crippen LogP contribution is 2.29. The van der Waals surface area contributed by atoms with Gasteiger partial charge in [0.15, 0.2) is 5.75 Å². The molecular weight excluding hydrogens is 196 g/mol. The van der Waals surface area contributed by atoms with Gasteiger partial charge in [-0.25, -0.2) is 0 Å². The van der Waals surface area contributed by atoms with Crippen molar-refractivity contribution in [3.05, 3.63) is 33.9 Å². The average molecular weight is 210 g/mol. The van der Waals surface area contributed by atoms with E-state index < -0.39 is 4.92 Å². The molecule has 1 rings (SSSR count). The second kappa shape index (κ2) is 4.75. The smallest absolute Gasteiger partial charge is 0.313 e. The molecule has 15 heavy (non-hydrogen) atoms. The molecule has 0 spiro atoms. The molecule has 0 radical (unpaired) electrons. The Kier molecular flexibility index (Phi) is 3.62. The van der Waals surface area contributed by atoms with Crippen LogP contribution in [-0.4, -0.2) is 17.6 Å². The van der Waals surface area contributed by atoms with Crippen molar-refractivity contribution in [3.63, 3.8) is 0 Å². The van der Waals surface area contributed by atoms with Crippen LogP contribution >= 0.6 is 0 Å². The van der Waals surface area contributed by atoms with Gasteiger partial charge in [0.1, 0.15) is 6.61 Å². The second-order valence-electron chi connectivity index (χ2n) is 3.47. The van der Waals surface area contributed by atoms with E-state index in [2.05, 4.69) is 0 Å². The van der Waals surface area contributed by atoms with Crippen molar-refractivity contribution in [2.75, 3.05) is 6.61 Å². The van der Waals surface area contributed by atoms with E-state index in [-0.39, 0.29) is 24.1 Å². The highest BCUT2D eigenvalue weighted by atomic mass is 16.6. The summed E-state index contributed by atoms with van der Waals surface area (Å²) in [6.07, 6.45) is 0. The maximum absolute atomic E-state index is 10.8. The summed E-state index contributed by atoms with van der Waals surface area (Å²) in [5, 5.41) is 10.8. The Balaban J connectivity index is 2.96. The number of hydrogen-bond acceptors (Lipinski definition) is 4. The zero-order chi connectivity index (χ0) is 11.4. The van der Waals surface area contributed by atoms with E-state index in [1.807, 2.05) is 0 Å². The molecule has 1 aromatic carbocycles. The molecule has 2 N–H and O–H groups in total. The van der Waals surface area contributed by atoms with E-state index in [1.165, 1.54) is 0 Å². The minimum absolute atomic E-state index is 0.0122. The molecule has 1 aromatic rings. The Morgan fingerprint density at radius 3 is 2.80 bits per heavy atom. The summed E-state index contributed by atoms with van der Waals surface area (Å²) in [7, 11) is 0. The number of rotatable bonds is 4. The standard InChI is InChI=1S/C10H14N2O3/c1-7-4-3-5-9(10(7)12(13)14)15-6-8(2)11/h3-5,8H,6,11H2,1-2H3. The summed E-state index contributed by atoms with van der Waals surface area (Å²) in [6, 6.07) is 4.83. The number of ether oxygens (including phenoxy) is 1. The molecule has 0 aliphatic rings. The molecule has 0 saturated heterocycles. The number of nitro groups is 1. The Morgan fingerprint density at radius 1 is 1.60 bits per heavy atom. The monoisotopic (exact) mass is 210 g/mol. The summed E-state index contributed by atoms with van der Waals surface area (Å²) in [6.45, 7) is 3.72. The molecule has 0 aliphatic heterocycles. The van der Waals surface area contributed by atoms with Gasteiger partial charge in [0.2, 0.25) is 0 Å². The van der Waals surface area contributed by atoms with E-state index >= 15 is 0 Å². The lowest BCUT2D eigenvalue weighted by Crippen LogP contribution is -2.23. The highest BCUT2D eigenvalue weighted by molar-refractivity contribution is 5.52. The lowest BCUT2D eigenvalue weighted by molar-refractivity contribution is -0.386. The molecule has 0 heterocycles. The molecule has 5 heteroatoms. The van der Waals surface area contributed by atoms with E-state index in [9.17, 15) is 10.1 Å². The van der Waals surface area contributed by atoms with Gasteiger partial charge in [0.05, 0.1) is 4.92 Å². The van der Waals surface area contributed by atoms with Crippen molar-refractivity contribution in [1.29, 1.82) is 0 Å². The molecule has 0 bridgehead atoms. The summed E-state index contributed by atoms with van der Waals surface area (Å²) < 4.78 is 5.27. The molecular formula is C10H14N2O3. The van der Waals surface area contributed by atoms with Gasteiger partial charge >= 0.3 is 5.69 Å². The van der Waals surface area contributed by atoms with Gasteiger partial charge in [-0.05, 0) is 19.9 Å². The summed E-state index contributed by atoms with van der Waals surface area (Å²) >= 11 is 0. The fourth-order valence-electron chi connectivity index (χ4n) is 1.20. The summed E-state index contributed by atoms with van der Waals surface area (Å²) in [5.74, 6) is 0.275. The maximum atomic E-state index is 10.8. The number of aryl methyl sites for hydroxylation is 1. The van der Waals surface area contributed by atoms with E-state index in [1.54, 1.807) is 32.0 Å². The van der Waals surface area contributed by atoms with Crippen molar-refractivity contribution in [2.24, 2.45) is 5.73 Å². The van der Waals surface area contributed by atoms with Gasteiger partial charge in [-0.15, -0.1) is 0 Å². The van der Waals surface area contributed by atoms with Gasteiger partial charge in [-0.1, -0.05) is 12.1 Å². The van der Waals surface area contributed by atoms with Crippen LogP contribution in [-0.2, 0) is 0 Å². The van der Waals surface area contributed by atoms with Crippen LogP contribution in [0.4, 0.5) is 5.69 Å². The number of para-hydroxylation sites is 1. The Bertz CT molecular complexity index is 364. The average Bonchev–Trinajstić information content (AvgIpc) is 2.13. The van der Waals surface area contributed by atoms with Crippen LogP contribution in [0.25, 0.3) is 0 Å². The molecule has 0 aromatic heterocycles. The van der Waals surface area contributed by atoms with E-state index in [0.29, 0.717) is 5.56 Å². The Hall–Kier alpha value is -1.62. The molecule has 1 atom stereocenters. The largest absolute Gasteiger partial charge is 0.485 e. The fourth-order valence-corrected chi connectivity index (χ4v) is 1.20. The topological polar surface area (TPSA) is 78.4 Å². The van der Waals surface area contributed by atoms with E-state index in [0.717, 1.165) is 0 Å². The molecule has 0 aliphatic carbocycles. The van der Waals surface area contributed by atoms with Gasteiger partial charge < -0.3 is 10.5 Å². The minimum atomic E-state index is -0.439. The first kappa shape index (κ1) is 11.5.